The van der Waals surface area contributed by atoms with Crippen LogP contribution in [0.4, 0.5) is 0 Å². The van der Waals surface area contributed by atoms with E-state index in [9.17, 15) is 9.59 Å². The van der Waals surface area contributed by atoms with Crippen LogP contribution in [-0.4, -0.2) is 85.7 Å². The van der Waals surface area contributed by atoms with E-state index in [1.54, 1.807) is 41.6 Å². The van der Waals surface area contributed by atoms with Gasteiger partial charge in [-0.05, 0) is 52.2 Å². The molecule has 0 aliphatic carbocycles. The van der Waals surface area contributed by atoms with E-state index in [2.05, 4.69) is 15.0 Å². The highest BCUT2D eigenvalue weighted by Gasteiger charge is 2.08. The van der Waals surface area contributed by atoms with Crippen molar-refractivity contribution < 1.29 is 19.1 Å². The maximum Gasteiger partial charge on any atom is 0.278 e. The fourth-order valence-electron chi connectivity index (χ4n) is 1.88. The van der Waals surface area contributed by atoms with Crippen molar-refractivity contribution in [1.29, 1.82) is 0 Å². The minimum absolute atomic E-state index is 0.185. The van der Waals surface area contributed by atoms with Crippen molar-refractivity contribution >= 4 is 18.2 Å². The zero-order valence-corrected chi connectivity index (χ0v) is 19.6. The van der Waals surface area contributed by atoms with Gasteiger partial charge in [-0.25, -0.2) is 0 Å². The van der Waals surface area contributed by atoms with E-state index in [0.29, 0.717) is 24.3 Å². The van der Waals surface area contributed by atoms with Crippen molar-refractivity contribution in [2.45, 2.75) is 20.3 Å². The lowest BCUT2D eigenvalue weighted by Crippen LogP contribution is -2.33. The Kier molecular flexibility index (Phi) is 15.7. The summed E-state index contributed by atoms with van der Waals surface area (Å²) in [6.07, 6.45) is 7.48. The second kappa shape index (κ2) is 17.5. The third-order valence-electron chi connectivity index (χ3n) is 3.34. The summed E-state index contributed by atoms with van der Waals surface area (Å²) in [5.74, 6) is -0.673. The minimum atomic E-state index is -0.419. The Morgan fingerprint density at radius 1 is 0.938 bits per heavy atom. The lowest BCUT2D eigenvalue weighted by molar-refractivity contribution is -0.206. The van der Waals surface area contributed by atoms with Gasteiger partial charge < -0.3 is 20.1 Å². The van der Waals surface area contributed by atoms with E-state index in [0.717, 1.165) is 0 Å². The van der Waals surface area contributed by atoms with Crippen LogP contribution >= 0.6 is 0 Å². The van der Waals surface area contributed by atoms with Gasteiger partial charge in [-0.3, -0.25) is 24.5 Å². The lowest BCUT2D eigenvalue weighted by atomic mass is 10.3. The molecule has 2 N–H and O–H groups in total. The molecule has 0 fully saturated rings. The first-order valence-electron chi connectivity index (χ1n) is 9.97. The van der Waals surface area contributed by atoms with Crippen molar-refractivity contribution in [3.05, 3.63) is 60.2 Å². The maximum atomic E-state index is 11.3. The predicted molar refractivity (Wildman–Crippen MR) is 124 cm³/mol. The first-order valence-corrected chi connectivity index (χ1v) is 9.97. The molecule has 2 heterocycles. The van der Waals surface area contributed by atoms with Gasteiger partial charge in [0.05, 0.1) is 6.34 Å². The summed E-state index contributed by atoms with van der Waals surface area (Å²) in [7, 11) is 7.47. The molecule has 0 bridgehead atoms. The highest BCUT2D eigenvalue weighted by atomic mass is 16.7. The highest BCUT2D eigenvalue weighted by molar-refractivity contribution is 5.98. The zero-order valence-electron chi connectivity index (χ0n) is 19.6. The van der Waals surface area contributed by atoms with Gasteiger partial charge in [-0.15, -0.1) is 0 Å². The van der Waals surface area contributed by atoms with Crippen molar-refractivity contribution in [1.82, 2.24) is 19.8 Å². The summed E-state index contributed by atoms with van der Waals surface area (Å²) in [6.45, 7) is 5.27. The summed E-state index contributed by atoms with van der Waals surface area (Å²) < 4.78 is 10.5. The molecule has 0 radical (unpaired) electrons. The van der Waals surface area contributed by atoms with Gasteiger partial charge in [0, 0.05) is 63.2 Å². The quantitative estimate of drug-likeness (QED) is 0.370. The van der Waals surface area contributed by atoms with Crippen molar-refractivity contribution in [2.75, 3.05) is 41.4 Å². The molecule has 0 aliphatic rings. The Balaban J connectivity index is 0.000000460. The molecule has 0 saturated heterocycles. The third kappa shape index (κ3) is 13.9. The van der Waals surface area contributed by atoms with E-state index >= 15 is 0 Å². The molecule has 0 aromatic carbocycles. The van der Waals surface area contributed by atoms with Crippen LogP contribution < -0.4 is 5.73 Å². The van der Waals surface area contributed by atoms with Gasteiger partial charge in [0.1, 0.15) is 0 Å². The number of ether oxygens (including phenoxy) is 2. The number of carbonyl (C=O) groups is 2. The summed E-state index contributed by atoms with van der Waals surface area (Å²) in [5, 5.41) is 0. The minimum Gasteiger partial charge on any atom is -0.369 e. The third-order valence-corrected chi connectivity index (χ3v) is 3.34. The number of primary amides is 1. The molecule has 0 saturated carbocycles. The van der Waals surface area contributed by atoms with E-state index in [4.69, 9.17) is 15.2 Å². The van der Waals surface area contributed by atoms with Gasteiger partial charge in [-0.1, -0.05) is 0 Å². The Hall–Kier alpha value is -3.21. The molecule has 10 heteroatoms. The Morgan fingerprint density at radius 2 is 1.38 bits per heavy atom. The summed E-state index contributed by atoms with van der Waals surface area (Å²) in [5.41, 5.74) is 5.99. The number of carbonyl (C=O) groups excluding carboxylic acids is 2. The van der Waals surface area contributed by atoms with Crippen LogP contribution in [0.2, 0.25) is 0 Å². The number of hydrogen-bond acceptors (Lipinski definition) is 7. The van der Waals surface area contributed by atoms with Crippen molar-refractivity contribution in [3.8, 4) is 0 Å². The molecule has 10 nitrogen and oxygen atoms in total. The number of amides is 2. The Bertz CT molecular complexity index is 780. The zero-order chi connectivity index (χ0) is 24.4. The number of aromatic nitrogens is 2. The van der Waals surface area contributed by atoms with Crippen LogP contribution in [0.25, 0.3) is 0 Å². The monoisotopic (exact) mass is 446 g/mol. The first-order chi connectivity index (χ1) is 15.2. The molecule has 2 aromatic rings. The maximum absolute atomic E-state index is 11.3. The number of nitrogens with zero attached hydrogens (tertiary/aromatic N) is 5. The van der Waals surface area contributed by atoms with Gasteiger partial charge in [0.2, 0.25) is 12.3 Å². The Morgan fingerprint density at radius 3 is 1.69 bits per heavy atom. The number of aliphatic imine (C=N–C) groups is 1. The second-order valence-electron chi connectivity index (χ2n) is 6.53. The molecule has 176 valence electrons. The fraction of sp³-hybridized carbons (Fsp3) is 0.409. The van der Waals surface area contributed by atoms with Crippen molar-refractivity contribution in [2.24, 2.45) is 10.7 Å². The number of pyridine rings is 2. The van der Waals surface area contributed by atoms with Crippen LogP contribution in [0.5, 0.6) is 0 Å². The summed E-state index contributed by atoms with van der Waals surface area (Å²) >= 11 is 0. The highest BCUT2D eigenvalue weighted by Crippen LogP contribution is 1.98. The van der Waals surface area contributed by atoms with Crippen LogP contribution in [-0.2, 0) is 9.47 Å². The molecule has 0 atom stereocenters. The summed E-state index contributed by atoms with van der Waals surface area (Å²) in [4.78, 5) is 36.6. The standard InChI is InChI=1S/C9H11N3O.C7H17NO2.C6H6N2O/c1-12(2)7-11-9(13)8-3-5-10-6-4-8;1-5-9-7(8(3)4)10-6-2;7-6(9)5-1-3-8-4-2-5/h3-7H,1-2H3;7H,5-6H2,1-4H3;1-4H,(H2,7,9). The average molecular weight is 447 g/mol. The van der Waals surface area contributed by atoms with Gasteiger partial charge in [0.15, 0.2) is 0 Å². The van der Waals surface area contributed by atoms with E-state index < -0.39 is 5.91 Å². The lowest BCUT2D eigenvalue weighted by Gasteiger charge is -2.22. The second-order valence-corrected chi connectivity index (χ2v) is 6.53. The number of nitrogens with two attached hydrogens (primary N) is 1. The van der Waals surface area contributed by atoms with Gasteiger partial charge in [0.25, 0.3) is 5.91 Å². The van der Waals surface area contributed by atoms with Crippen LogP contribution in [0.3, 0.4) is 0 Å². The molecule has 2 amide bonds. The molecule has 32 heavy (non-hydrogen) atoms. The van der Waals surface area contributed by atoms with Crippen LogP contribution in [0.15, 0.2) is 54.0 Å². The fourth-order valence-corrected chi connectivity index (χ4v) is 1.88. The molecular weight excluding hydrogens is 412 g/mol. The smallest absolute Gasteiger partial charge is 0.278 e. The van der Waals surface area contributed by atoms with Gasteiger partial charge in [-0.2, -0.15) is 4.99 Å². The average Bonchev–Trinajstić information content (AvgIpc) is 2.79. The topological polar surface area (TPSA) is 123 Å². The van der Waals surface area contributed by atoms with Crippen LogP contribution in [0, 0.1) is 0 Å². The van der Waals surface area contributed by atoms with E-state index in [1.165, 1.54) is 18.7 Å². The van der Waals surface area contributed by atoms with Crippen LogP contribution in [0.1, 0.15) is 34.6 Å². The Labute approximate surface area is 190 Å². The largest absolute Gasteiger partial charge is 0.369 e. The molecule has 2 rings (SSSR count). The van der Waals surface area contributed by atoms with Gasteiger partial charge >= 0.3 is 0 Å². The number of hydrogen-bond donors (Lipinski definition) is 1. The summed E-state index contributed by atoms with van der Waals surface area (Å²) in [6, 6.07) is 6.41. The van der Waals surface area contributed by atoms with E-state index in [-0.39, 0.29) is 12.3 Å². The molecular formula is C22H34N6O4. The SMILES string of the molecule is CCOC(OCC)N(C)C.CN(C)C=NC(=O)c1ccncc1.NC(=O)c1ccncc1. The predicted octanol–water partition coefficient (Wildman–Crippen LogP) is 1.90. The molecule has 2 aromatic heterocycles. The molecule has 0 aliphatic heterocycles. The van der Waals surface area contributed by atoms with E-state index in [1.807, 2.05) is 46.9 Å². The molecule has 0 unspecified atom stereocenters. The first kappa shape index (κ1) is 28.8. The normalized spacial score (nSPS) is 10.2. The van der Waals surface area contributed by atoms with Crippen molar-refractivity contribution in [3.63, 3.8) is 0 Å². The molecule has 0 spiro atoms. The number of rotatable bonds is 8.